The minimum Gasteiger partial charge on any atom is -0.407 e. The lowest BCUT2D eigenvalue weighted by Gasteiger charge is -2.28. The fourth-order valence-electron chi connectivity index (χ4n) is 3.40. The number of carbonyl (C=O) groups excluding carboxylic acids is 2. The molecule has 4 rings (SSSR count). The van der Waals surface area contributed by atoms with Crippen molar-refractivity contribution in [2.75, 3.05) is 24.5 Å². The lowest BCUT2D eigenvalue weighted by atomic mass is 10.2. The van der Waals surface area contributed by atoms with E-state index >= 15 is 0 Å². The number of non-ortho nitro benzene ring substituents is 1. The van der Waals surface area contributed by atoms with E-state index in [9.17, 15) is 24.5 Å². The van der Waals surface area contributed by atoms with E-state index < -0.39 is 16.6 Å². The molecule has 2 aromatic carbocycles. The number of benzene rings is 2. The maximum atomic E-state index is 12.3. The van der Waals surface area contributed by atoms with Crippen LogP contribution in [-0.2, 0) is 22.7 Å². The zero-order valence-corrected chi connectivity index (χ0v) is 16.4. The molecule has 0 radical (unpaired) electrons. The zero-order chi connectivity index (χ0) is 22.0. The van der Waals surface area contributed by atoms with E-state index in [0.717, 1.165) is 28.4 Å². The third kappa shape index (κ3) is 4.39. The summed E-state index contributed by atoms with van der Waals surface area (Å²) in [4.78, 5) is 48.1. The van der Waals surface area contributed by atoms with Gasteiger partial charge in [-0.2, -0.15) is 0 Å². The second-order valence-electron chi connectivity index (χ2n) is 7.08. The van der Waals surface area contributed by atoms with Crippen LogP contribution in [0.1, 0.15) is 5.56 Å². The lowest BCUT2D eigenvalue weighted by molar-refractivity contribution is -0.384. The van der Waals surface area contributed by atoms with Crippen molar-refractivity contribution in [3.05, 3.63) is 68.7 Å². The van der Waals surface area contributed by atoms with Crippen LogP contribution < -0.4 is 21.3 Å². The molecule has 0 bridgehead atoms. The number of oxazole rings is 1. The van der Waals surface area contributed by atoms with Crippen molar-refractivity contribution in [1.29, 1.82) is 0 Å². The summed E-state index contributed by atoms with van der Waals surface area (Å²) in [6.07, 6.45) is 0. The molecule has 1 aliphatic heterocycles. The maximum absolute atomic E-state index is 12.3. The molecule has 0 unspecified atom stereocenters. The van der Waals surface area contributed by atoms with Gasteiger partial charge in [0.2, 0.25) is 11.8 Å². The van der Waals surface area contributed by atoms with Crippen molar-refractivity contribution >= 4 is 34.3 Å². The lowest BCUT2D eigenvalue weighted by Crippen LogP contribution is -2.47. The van der Waals surface area contributed by atoms with E-state index in [4.69, 9.17) is 4.42 Å². The normalized spacial score (nSPS) is 13.8. The molecule has 1 aliphatic rings. The predicted molar refractivity (Wildman–Crippen MR) is 111 cm³/mol. The predicted octanol–water partition coefficient (Wildman–Crippen LogP) is 0.755. The van der Waals surface area contributed by atoms with Gasteiger partial charge in [0.15, 0.2) is 5.58 Å². The third-order valence-corrected chi connectivity index (χ3v) is 4.99. The number of fused-ring (bicyclic) bond motifs is 1. The van der Waals surface area contributed by atoms with Crippen molar-refractivity contribution in [3.63, 3.8) is 0 Å². The molecule has 0 atom stereocenters. The summed E-state index contributed by atoms with van der Waals surface area (Å²) in [5, 5.41) is 16.4. The van der Waals surface area contributed by atoms with Crippen molar-refractivity contribution < 1.29 is 18.9 Å². The highest BCUT2D eigenvalue weighted by Gasteiger charge is 2.17. The Labute approximate surface area is 175 Å². The van der Waals surface area contributed by atoms with Gasteiger partial charge in [-0.25, -0.2) is 4.79 Å². The van der Waals surface area contributed by atoms with Crippen molar-refractivity contribution in [1.82, 2.24) is 15.2 Å². The van der Waals surface area contributed by atoms with E-state index in [1.807, 2.05) is 29.2 Å². The van der Waals surface area contributed by atoms with Gasteiger partial charge >= 0.3 is 5.76 Å². The van der Waals surface area contributed by atoms with Crippen LogP contribution in [-0.4, -0.2) is 40.9 Å². The number of rotatable bonds is 6. The number of nitro benzene ring substituents is 1. The maximum Gasteiger partial charge on any atom is 0.420 e. The smallest absolute Gasteiger partial charge is 0.407 e. The number of carbonyl (C=O) groups is 2. The summed E-state index contributed by atoms with van der Waals surface area (Å²) in [6.45, 7) is 1.64. The van der Waals surface area contributed by atoms with Gasteiger partial charge in [0.05, 0.1) is 23.1 Å². The van der Waals surface area contributed by atoms with E-state index in [1.54, 1.807) is 0 Å². The average Bonchev–Trinajstić information content (AvgIpc) is 3.07. The van der Waals surface area contributed by atoms with Gasteiger partial charge in [-0.15, -0.1) is 0 Å². The van der Waals surface area contributed by atoms with Crippen LogP contribution in [0.25, 0.3) is 11.1 Å². The molecule has 1 fully saturated rings. The van der Waals surface area contributed by atoms with Crippen LogP contribution in [0.2, 0.25) is 0 Å². The summed E-state index contributed by atoms with van der Waals surface area (Å²) in [5.74, 6) is -1.18. The molecule has 0 aliphatic carbocycles. The molecule has 11 nitrogen and oxygen atoms in total. The minimum atomic E-state index is -0.763. The average molecular weight is 425 g/mol. The highest BCUT2D eigenvalue weighted by molar-refractivity contribution is 5.82. The Morgan fingerprint density at radius 2 is 1.97 bits per heavy atom. The van der Waals surface area contributed by atoms with Gasteiger partial charge in [-0.1, -0.05) is 12.1 Å². The minimum absolute atomic E-state index is 0.0146. The second-order valence-corrected chi connectivity index (χ2v) is 7.08. The Bertz CT molecular complexity index is 1210. The highest BCUT2D eigenvalue weighted by atomic mass is 16.6. The molecule has 2 amide bonds. The molecule has 1 aromatic heterocycles. The molecule has 2 heterocycles. The van der Waals surface area contributed by atoms with Crippen LogP contribution in [0.15, 0.2) is 51.7 Å². The molecule has 1 saturated heterocycles. The molecular formula is C20H19N5O6. The van der Waals surface area contributed by atoms with E-state index in [1.165, 1.54) is 12.1 Å². The standard InChI is InChI=1S/C20H19N5O6/c26-18-11-23(8-7-21-18)14-3-1-13(2-4-14)10-22-19(27)12-24-16-6-5-15(25(29)30)9-17(16)31-20(24)28/h1-6,9H,7-8,10-12H2,(H,21,26)(H,22,27). The number of hydrogen-bond acceptors (Lipinski definition) is 7. The number of amides is 2. The number of hydrogen-bond donors (Lipinski definition) is 2. The monoisotopic (exact) mass is 425 g/mol. The van der Waals surface area contributed by atoms with Crippen molar-refractivity contribution in [2.24, 2.45) is 0 Å². The molecule has 3 aromatic rings. The second kappa shape index (κ2) is 8.30. The van der Waals surface area contributed by atoms with E-state index in [2.05, 4.69) is 10.6 Å². The number of piperazine rings is 1. The zero-order valence-electron chi connectivity index (χ0n) is 16.4. The van der Waals surface area contributed by atoms with Crippen molar-refractivity contribution in [3.8, 4) is 0 Å². The van der Waals surface area contributed by atoms with Crippen LogP contribution in [0.4, 0.5) is 11.4 Å². The Balaban J connectivity index is 1.38. The fraction of sp³-hybridized carbons (Fsp3) is 0.250. The number of anilines is 1. The molecule has 31 heavy (non-hydrogen) atoms. The Kier molecular flexibility index (Phi) is 5.39. The van der Waals surface area contributed by atoms with Gasteiger partial charge in [-0.3, -0.25) is 24.3 Å². The van der Waals surface area contributed by atoms with E-state index in [0.29, 0.717) is 18.6 Å². The molecular weight excluding hydrogens is 406 g/mol. The van der Waals surface area contributed by atoms with Crippen LogP contribution in [0.3, 0.4) is 0 Å². The van der Waals surface area contributed by atoms with Gasteiger partial charge < -0.3 is 20.0 Å². The summed E-state index contributed by atoms with van der Waals surface area (Å²) in [7, 11) is 0. The first-order valence-corrected chi connectivity index (χ1v) is 9.56. The van der Waals surface area contributed by atoms with Crippen LogP contribution in [0, 0.1) is 10.1 Å². The fourth-order valence-corrected chi connectivity index (χ4v) is 3.40. The molecule has 11 heteroatoms. The SMILES string of the molecule is O=C1CN(c2ccc(CNC(=O)Cn3c(=O)oc4cc([N+](=O)[O-])ccc43)cc2)CCN1. The summed E-state index contributed by atoms with van der Waals surface area (Å²) in [5.41, 5.74) is 1.94. The van der Waals surface area contributed by atoms with Gasteiger partial charge in [0, 0.05) is 31.4 Å². The number of nitrogens with zero attached hydrogens (tertiary/aromatic N) is 3. The number of nitrogens with one attached hydrogen (secondary N) is 2. The van der Waals surface area contributed by atoms with Crippen LogP contribution >= 0.6 is 0 Å². The number of nitro groups is 1. The summed E-state index contributed by atoms with van der Waals surface area (Å²) in [6, 6.07) is 11.3. The first-order chi connectivity index (χ1) is 14.9. The van der Waals surface area contributed by atoms with Gasteiger partial charge in [0.1, 0.15) is 6.54 Å². The first kappa shape index (κ1) is 20.1. The first-order valence-electron chi connectivity index (χ1n) is 9.56. The molecule has 2 N–H and O–H groups in total. The number of aromatic nitrogens is 1. The van der Waals surface area contributed by atoms with Crippen LogP contribution in [0.5, 0.6) is 0 Å². The largest absolute Gasteiger partial charge is 0.420 e. The third-order valence-electron chi connectivity index (χ3n) is 4.99. The van der Waals surface area contributed by atoms with Gasteiger partial charge in [0.25, 0.3) is 5.69 Å². The molecule has 160 valence electrons. The Morgan fingerprint density at radius 1 is 1.19 bits per heavy atom. The highest BCUT2D eigenvalue weighted by Crippen LogP contribution is 2.20. The Hall–Kier alpha value is -4.15. The topological polar surface area (TPSA) is 140 Å². The van der Waals surface area contributed by atoms with Crippen molar-refractivity contribution in [2.45, 2.75) is 13.1 Å². The quantitative estimate of drug-likeness (QED) is 0.439. The molecule has 0 saturated carbocycles. The Morgan fingerprint density at radius 3 is 2.68 bits per heavy atom. The van der Waals surface area contributed by atoms with E-state index in [-0.39, 0.29) is 30.3 Å². The summed E-state index contributed by atoms with van der Waals surface area (Å²) < 4.78 is 6.15. The molecule has 0 spiro atoms. The van der Waals surface area contributed by atoms with Gasteiger partial charge in [-0.05, 0) is 23.8 Å². The summed E-state index contributed by atoms with van der Waals surface area (Å²) >= 11 is 0.